The van der Waals surface area contributed by atoms with Crippen molar-refractivity contribution < 1.29 is 4.42 Å². The Morgan fingerprint density at radius 3 is 2.17 bits per heavy atom. The Balaban J connectivity index is 1.15. The summed E-state index contributed by atoms with van der Waals surface area (Å²) in [5.74, 6) is 0. The highest BCUT2D eigenvalue weighted by Gasteiger charge is 2.39. The fourth-order valence-electron chi connectivity index (χ4n) is 8.73. The first-order chi connectivity index (χ1) is 25.5. The maximum absolute atomic E-state index is 6.45. The third kappa shape index (κ3) is 4.29. The first-order valence-corrected chi connectivity index (χ1v) is 21.7. The van der Waals surface area contributed by atoms with Crippen LogP contribution < -0.4 is 15.3 Å². The molecule has 3 heterocycles. The van der Waals surface area contributed by atoms with Crippen molar-refractivity contribution in [2.75, 3.05) is 4.90 Å². The number of hydrogen-bond donors (Lipinski definition) is 0. The second-order valence-corrected chi connectivity index (χ2v) is 19.9. The van der Waals surface area contributed by atoms with Gasteiger partial charge in [-0.3, -0.25) is 0 Å². The lowest BCUT2D eigenvalue weighted by Crippen LogP contribution is -2.49. The van der Waals surface area contributed by atoms with E-state index in [-0.39, 0.29) is 0 Å². The monoisotopic (exact) mass is 699 g/mol. The highest BCUT2D eigenvalue weighted by molar-refractivity contribution is 7.26. The molecule has 4 heteroatoms. The molecule has 1 aliphatic rings. The molecule has 246 valence electrons. The van der Waals surface area contributed by atoms with Crippen molar-refractivity contribution in [1.82, 2.24) is 0 Å². The van der Waals surface area contributed by atoms with Gasteiger partial charge in [0.15, 0.2) is 0 Å². The summed E-state index contributed by atoms with van der Waals surface area (Å²) in [7, 11) is -2.05. The van der Waals surface area contributed by atoms with Crippen LogP contribution in [-0.4, -0.2) is 8.07 Å². The Labute approximate surface area is 306 Å². The minimum Gasteiger partial charge on any atom is -0.456 e. The van der Waals surface area contributed by atoms with E-state index >= 15 is 0 Å². The Morgan fingerprint density at radius 2 is 1.25 bits per heavy atom. The fraction of sp³-hybridized carbons (Fsp3) is 0.0417. The summed E-state index contributed by atoms with van der Waals surface area (Å²) < 4.78 is 9.17. The minimum atomic E-state index is -2.05. The van der Waals surface area contributed by atoms with Gasteiger partial charge in [0.25, 0.3) is 0 Å². The molecule has 0 radical (unpaired) electrons. The minimum absolute atomic E-state index is 0.893. The molecule has 52 heavy (non-hydrogen) atoms. The van der Waals surface area contributed by atoms with E-state index in [9.17, 15) is 0 Å². The second kappa shape index (κ2) is 11.0. The SMILES string of the molecule is C[Si]1(C)c2cc(N(c3cccc(-c4ccc5ccccc5c4)c3)c3cccc4oc5ccccc5c34)ccc2-c2c1ccc1sc3ccccc3c21. The molecule has 0 fully saturated rings. The number of rotatable bonds is 4. The topological polar surface area (TPSA) is 16.4 Å². The summed E-state index contributed by atoms with van der Waals surface area (Å²) >= 11 is 1.91. The van der Waals surface area contributed by atoms with Crippen molar-refractivity contribution in [1.29, 1.82) is 0 Å². The van der Waals surface area contributed by atoms with Gasteiger partial charge in [0.1, 0.15) is 19.2 Å². The number of furan rings is 1. The number of anilines is 3. The average molecular weight is 700 g/mol. The fourth-order valence-corrected chi connectivity index (χ4v) is 12.9. The van der Waals surface area contributed by atoms with Crippen molar-refractivity contribution in [2.24, 2.45) is 0 Å². The van der Waals surface area contributed by atoms with E-state index < -0.39 is 8.07 Å². The first-order valence-electron chi connectivity index (χ1n) is 17.9. The largest absolute Gasteiger partial charge is 0.456 e. The van der Waals surface area contributed by atoms with E-state index in [2.05, 4.69) is 176 Å². The van der Waals surface area contributed by atoms with E-state index in [1.165, 1.54) is 63.6 Å². The maximum Gasteiger partial charge on any atom is 0.137 e. The van der Waals surface area contributed by atoms with E-state index in [0.717, 1.165) is 39.0 Å². The van der Waals surface area contributed by atoms with Crippen molar-refractivity contribution >= 4 is 99.7 Å². The van der Waals surface area contributed by atoms with E-state index in [0.29, 0.717) is 0 Å². The summed E-state index contributed by atoms with van der Waals surface area (Å²) in [6, 6.07) is 60.2. The standard InChI is InChI=1S/C48H33NOSSi/c1-52(2)44-26-25-43-47(37-16-6-8-20-42(37)51-43)48(44)38-24-23-35(29-45(38)52)49(39-17-10-19-41-46(39)36-15-5-7-18-40(36)50-41)34-14-9-13-32(28-34)33-22-21-30-11-3-4-12-31(30)27-33/h3-29H,1-2H3. The summed E-state index contributed by atoms with van der Waals surface area (Å²) in [6.07, 6.45) is 0. The number of para-hydroxylation sites is 1. The molecule has 11 rings (SSSR count). The zero-order valence-electron chi connectivity index (χ0n) is 28.9. The van der Waals surface area contributed by atoms with Crippen LogP contribution in [0.4, 0.5) is 17.1 Å². The van der Waals surface area contributed by atoms with Crippen LogP contribution in [0.15, 0.2) is 168 Å². The molecule has 10 aromatic rings. The van der Waals surface area contributed by atoms with Gasteiger partial charge in [0.2, 0.25) is 0 Å². The predicted molar refractivity (Wildman–Crippen MR) is 226 cm³/mol. The summed E-state index contributed by atoms with van der Waals surface area (Å²) in [4.78, 5) is 2.46. The zero-order chi connectivity index (χ0) is 34.6. The number of nitrogens with zero attached hydrogens (tertiary/aromatic N) is 1. The molecule has 0 atom stereocenters. The maximum atomic E-state index is 6.45. The molecule has 2 nitrogen and oxygen atoms in total. The number of thiophene rings is 1. The molecule has 0 N–H and O–H groups in total. The molecule has 0 amide bonds. The van der Waals surface area contributed by atoms with Crippen LogP contribution >= 0.6 is 11.3 Å². The molecular formula is C48H33NOSSi. The van der Waals surface area contributed by atoms with Gasteiger partial charge in [-0.2, -0.15) is 0 Å². The Bertz CT molecular complexity index is 3080. The lowest BCUT2D eigenvalue weighted by Gasteiger charge is -2.28. The quantitative estimate of drug-likeness (QED) is 0.170. The Kier molecular flexibility index (Phi) is 6.31. The predicted octanol–water partition coefficient (Wildman–Crippen LogP) is 13.0. The van der Waals surface area contributed by atoms with Gasteiger partial charge in [-0.15, -0.1) is 11.3 Å². The van der Waals surface area contributed by atoms with Gasteiger partial charge < -0.3 is 9.32 Å². The van der Waals surface area contributed by atoms with E-state index in [4.69, 9.17) is 4.42 Å². The summed E-state index contributed by atoms with van der Waals surface area (Å²) in [5.41, 5.74) is 10.4. The highest BCUT2D eigenvalue weighted by Crippen LogP contribution is 2.46. The number of hydrogen-bond acceptors (Lipinski definition) is 3. The van der Waals surface area contributed by atoms with Crippen molar-refractivity contribution in [3.8, 4) is 22.3 Å². The van der Waals surface area contributed by atoms with Gasteiger partial charge in [-0.25, -0.2) is 0 Å². The van der Waals surface area contributed by atoms with Crippen LogP contribution in [0.25, 0.3) is 75.1 Å². The molecule has 0 bridgehead atoms. The summed E-state index contributed by atoms with van der Waals surface area (Å²) in [6.45, 7) is 5.05. The van der Waals surface area contributed by atoms with Crippen LogP contribution in [0.1, 0.15) is 0 Å². The Hall–Kier alpha value is -5.94. The highest BCUT2D eigenvalue weighted by atomic mass is 32.1. The molecule has 1 aliphatic heterocycles. The van der Waals surface area contributed by atoms with Crippen molar-refractivity contribution in [2.45, 2.75) is 13.1 Å². The Morgan fingerprint density at radius 1 is 0.500 bits per heavy atom. The van der Waals surface area contributed by atoms with Gasteiger partial charge in [-0.05, 0) is 104 Å². The molecular weight excluding hydrogens is 667 g/mol. The lowest BCUT2D eigenvalue weighted by atomic mass is 9.98. The van der Waals surface area contributed by atoms with Crippen LogP contribution in [0, 0.1) is 0 Å². The molecule has 2 aromatic heterocycles. The lowest BCUT2D eigenvalue weighted by molar-refractivity contribution is 0.669. The summed E-state index contributed by atoms with van der Waals surface area (Å²) in [5, 5.41) is 10.5. The zero-order valence-corrected chi connectivity index (χ0v) is 30.7. The van der Waals surface area contributed by atoms with Gasteiger partial charge in [-0.1, -0.05) is 116 Å². The number of fused-ring (bicyclic) bond motifs is 11. The molecule has 0 spiro atoms. The van der Waals surface area contributed by atoms with Crippen molar-refractivity contribution in [3.05, 3.63) is 164 Å². The van der Waals surface area contributed by atoms with Crippen LogP contribution in [0.5, 0.6) is 0 Å². The van der Waals surface area contributed by atoms with Gasteiger partial charge in [0.05, 0.1) is 11.1 Å². The molecule has 0 saturated heterocycles. The van der Waals surface area contributed by atoms with Crippen LogP contribution in [0.2, 0.25) is 13.1 Å². The molecule has 0 unspecified atom stereocenters. The molecule has 8 aromatic carbocycles. The van der Waals surface area contributed by atoms with Crippen molar-refractivity contribution in [3.63, 3.8) is 0 Å². The van der Waals surface area contributed by atoms with Crippen LogP contribution in [-0.2, 0) is 0 Å². The number of benzene rings is 8. The molecule has 0 saturated carbocycles. The van der Waals surface area contributed by atoms with E-state index in [1.807, 2.05) is 17.4 Å². The first kappa shape index (κ1) is 29.8. The van der Waals surface area contributed by atoms with Gasteiger partial charge >= 0.3 is 0 Å². The second-order valence-electron chi connectivity index (χ2n) is 14.5. The third-order valence-electron chi connectivity index (χ3n) is 11.2. The van der Waals surface area contributed by atoms with Gasteiger partial charge in [0, 0.05) is 36.9 Å². The van der Waals surface area contributed by atoms with Crippen LogP contribution in [0.3, 0.4) is 0 Å². The average Bonchev–Trinajstić information content (AvgIpc) is 3.83. The smallest absolute Gasteiger partial charge is 0.137 e. The molecule has 0 aliphatic carbocycles. The van der Waals surface area contributed by atoms with E-state index in [1.54, 1.807) is 0 Å². The third-order valence-corrected chi connectivity index (χ3v) is 15.9. The normalized spacial score (nSPS) is 13.3.